The van der Waals surface area contributed by atoms with Crippen molar-refractivity contribution in [1.29, 1.82) is 0 Å². The molecular formula is C22H22F2N8O. The Bertz CT molecular complexity index is 1300. The standard InChI is InChI=1S/C22H22F2N8O/c23-14-3-4-17(24)15(12-14)18-2-1-8-31(18)19-5-9-32-20(27-19)16(13-26-32)21-28-29-22(33-21)30-10-6-25-7-11-30/h3-5,9,12-13,18,25H,1-2,6-8,10-11H2/t18-/m1/s1. The molecule has 170 valence electrons. The average molecular weight is 452 g/mol. The van der Waals surface area contributed by atoms with E-state index in [4.69, 9.17) is 9.40 Å². The second-order valence-electron chi connectivity index (χ2n) is 8.26. The minimum absolute atomic E-state index is 0.287. The van der Waals surface area contributed by atoms with E-state index in [1.165, 1.54) is 12.1 Å². The van der Waals surface area contributed by atoms with Crippen LogP contribution in [0.15, 0.2) is 41.1 Å². The van der Waals surface area contributed by atoms with Crippen LogP contribution in [-0.2, 0) is 0 Å². The molecule has 3 aromatic heterocycles. The summed E-state index contributed by atoms with van der Waals surface area (Å²) in [6.07, 6.45) is 5.02. The molecule has 5 heterocycles. The summed E-state index contributed by atoms with van der Waals surface area (Å²) in [5.74, 6) is 0.150. The summed E-state index contributed by atoms with van der Waals surface area (Å²) >= 11 is 0. The Balaban J connectivity index is 1.34. The summed E-state index contributed by atoms with van der Waals surface area (Å²) in [4.78, 5) is 8.85. The van der Waals surface area contributed by atoms with E-state index in [0.29, 0.717) is 41.0 Å². The predicted octanol–water partition coefficient (Wildman–Crippen LogP) is 2.81. The van der Waals surface area contributed by atoms with Crippen molar-refractivity contribution in [2.24, 2.45) is 0 Å². The van der Waals surface area contributed by atoms with Gasteiger partial charge in [0.15, 0.2) is 5.65 Å². The van der Waals surface area contributed by atoms with Crippen molar-refractivity contribution in [2.75, 3.05) is 42.5 Å². The van der Waals surface area contributed by atoms with E-state index in [1.807, 2.05) is 15.9 Å². The molecule has 0 radical (unpaired) electrons. The maximum atomic E-state index is 14.5. The summed E-state index contributed by atoms with van der Waals surface area (Å²) in [7, 11) is 0. The number of piperazine rings is 1. The summed E-state index contributed by atoms with van der Waals surface area (Å²) in [5.41, 5.74) is 1.53. The van der Waals surface area contributed by atoms with Gasteiger partial charge >= 0.3 is 6.01 Å². The Morgan fingerprint density at radius 3 is 2.82 bits per heavy atom. The summed E-state index contributed by atoms with van der Waals surface area (Å²) in [5, 5.41) is 16.1. The Morgan fingerprint density at radius 2 is 1.94 bits per heavy atom. The molecule has 1 atom stereocenters. The van der Waals surface area contributed by atoms with E-state index in [0.717, 1.165) is 45.1 Å². The van der Waals surface area contributed by atoms with Gasteiger partial charge in [-0.15, -0.1) is 5.10 Å². The third-order valence-electron chi connectivity index (χ3n) is 6.25. The summed E-state index contributed by atoms with van der Waals surface area (Å²) < 4.78 is 35.9. The number of benzene rings is 1. The normalized spacial score (nSPS) is 19.0. The molecule has 0 spiro atoms. The van der Waals surface area contributed by atoms with Crippen molar-refractivity contribution in [1.82, 2.24) is 30.1 Å². The maximum absolute atomic E-state index is 14.5. The summed E-state index contributed by atoms with van der Waals surface area (Å²) in [6.45, 7) is 4.02. The lowest BCUT2D eigenvalue weighted by molar-refractivity contribution is 0.505. The zero-order chi connectivity index (χ0) is 22.4. The Kier molecular flexibility index (Phi) is 4.90. The molecule has 33 heavy (non-hydrogen) atoms. The van der Waals surface area contributed by atoms with Crippen LogP contribution >= 0.6 is 0 Å². The first-order valence-corrected chi connectivity index (χ1v) is 11.0. The van der Waals surface area contributed by atoms with Gasteiger partial charge in [-0.25, -0.2) is 18.3 Å². The van der Waals surface area contributed by atoms with E-state index >= 15 is 0 Å². The molecule has 1 N–H and O–H groups in total. The van der Waals surface area contributed by atoms with Crippen LogP contribution in [0, 0.1) is 11.6 Å². The highest BCUT2D eigenvalue weighted by Crippen LogP contribution is 2.37. The van der Waals surface area contributed by atoms with Crippen LogP contribution in [0.2, 0.25) is 0 Å². The van der Waals surface area contributed by atoms with Crippen LogP contribution in [-0.4, -0.2) is 57.5 Å². The van der Waals surface area contributed by atoms with E-state index < -0.39 is 11.6 Å². The number of fused-ring (bicyclic) bond motifs is 1. The molecule has 0 saturated carbocycles. The number of hydrogen-bond acceptors (Lipinski definition) is 8. The molecule has 0 bridgehead atoms. The lowest BCUT2D eigenvalue weighted by Crippen LogP contribution is -2.43. The fraction of sp³-hybridized carbons (Fsp3) is 0.364. The number of rotatable bonds is 4. The van der Waals surface area contributed by atoms with E-state index in [9.17, 15) is 8.78 Å². The monoisotopic (exact) mass is 452 g/mol. The maximum Gasteiger partial charge on any atom is 0.318 e. The second kappa shape index (κ2) is 8.07. The molecule has 2 aliphatic rings. The molecule has 4 aromatic rings. The fourth-order valence-corrected chi connectivity index (χ4v) is 4.61. The van der Waals surface area contributed by atoms with Gasteiger partial charge in [0, 0.05) is 44.5 Å². The van der Waals surface area contributed by atoms with Gasteiger partial charge in [0.25, 0.3) is 5.89 Å². The number of anilines is 2. The molecule has 0 unspecified atom stereocenters. The highest BCUT2D eigenvalue weighted by molar-refractivity contribution is 5.72. The lowest BCUT2D eigenvalue weighted by atomic mass is 10.0. The van der Waals surface area contributed by atoms with Gasteiger partial charge in [0.1, 0.15) is 23.0 Å². The van der Waals surface area contributed by atoms with E-state index in [-0.39, 0.29) is 6.04 Å². The van der Waals surface area contributed by atoms with Crippen LogP contribution in [0.3, 0.4) is 0 Å². The Hall–Kier alpha value is -3.60. The number of nitrogens with one attached hydrogen (secondary N) is 1. The minimum Gasteiger partial charge on any atom is -0.403 e. The van der Waals surface area contributed by atoms with Crippen LogP contribution in [0.4, 0.5) is 20.6 Å². The van der Waals surface area contributed by atoms with Gasteiger partial charge in [0.05, 0.1) is 12.2 Å². The van der Waals surface area contributed by atoms with Gasteiger partial charge in [-0.1, -0.05) is 5.10 Å². The molecule has 2 saturated heterocycles. The van der Waals surface area contributed by atoms with E-state index in [1.54, 1.807) is 16.9 Å². The number of nitrogens with zero attached hydrogens (tertiary/aromatic N) is 7. The van der Waals surface area contributed by atoms with Crippen LogP contribution < -0.4 is 15.1 Å². The second-order valence-corrected chi connectivity index (χ2v) is 8.26. The number of aromatic nitrogens is 5. The van der Waals surface area contributed by atoms with Crippen LogP contribution in [0.25, 0.3) is 17.1 Å². The third kappa shape index (κ3) is 3.58. The van der Waals surface area contributed by atoms with Crippen molar-refractivity contribution < 1.29 is 13.2 Å². The number of hydrogen-bond donors (Lipinski definition) is 1. The molecule has 9 nitrogen and oxygen atoms in total. The van der Waals surface area contributed by atoms with Crippen molar-refractivity contribution in [3.05, 3.63) is 53.9 Å². The van der Waals surface area contributed by atoms with Crippen molar-refractivity contribution in [2.45, 2.75) is 18.9 Å². The lowest BCUT2D eigenvalue weighted by Gasteiger charge is -2.26. The van der Waals surface area contributed by atoms with Gasteiger partial charge in [-0.2, -0.15) is 5.10 Å². The number of halogens is 2. The van der Waals surface area contributed by atoms with Gasteiger partial charge in [-0.05, 0) is 37.1 Å². The quantitative estimate of drug-likeness (QED) is 0.506. The molecule has 1 aromatic carbocycles. The van der Waals surface area contributed by atoms with Crippen molar-refractivity contribution in [3.8, 4) is 11.5 Å². The minimum atomic E-state index is -0.448. The zero-order valence-electron chi connectivity index (χ0n) is 17.8. The van der Waals surface area contributed by atoms with Gasteiger partial charge in [-0.3, -0.25) is 0 Å². The van der Waals surface area contributed by atoms with Gasteiger partial charge < -0.3 is 19.5 Å². The molecule has 11 heteroatoms. The molecular weight excluding hydrogens is 430 g/mol. The average Bonchev–Trinajstić information content (AvgIpc) is 3.60. The highest BCUT2D eigenvalue weighted by atomic mass is 19.1. The van der Waals surface area contributed by atoms with Crippen LogP contribution in [0.5, 0.6) is 0 Å². The first-order chi connectivity index (χ1) is 16.2. The SMILES string of the molecule is Fc1ccc(F)c([C@H]2CCCN2c2ccn3ncc(-c4nnc(N5CCNCC5)o4)c3n2)c1. The van der Waals surface area contributed by atoms with Crippen molar-refractivity contribution in [3.63, 3.8) is 0 Å². The van der Waals surface area contributed by atoms with Crippen molar-refractivity contribution >= 4 is 17.5 Å². The molecule has 0 aliphatic carbocycles. The molecule has 6 rings (SSSR count). The third-order valence-corrected chi connectivity index (χ3v) is 6.25. The zero-order valence-corrected chi connectivity index (χ0v) is 17.8. The Morgan fingerprint density at radius 1 is 1.06 bits per heavy atom. The molecule has 0 amide bonds. The first-order valence-electron chi connectivity index (χ1n) is 11.0. The summed E-state index contributed by atoms with van der Waals surface area (Å²) in [6, 6.07) is 5.61. The van der Waals surface area contributed by atoms with Gasteiger partial charge in [0.2, 0.25) is 0 Å². The molecule has 2 fully saturated rings. The first kappa shape index (κ1) is 20.0. The fourth-order valence-electron chi connectivity index (χ4n) is 4.61. The van der Waals surface area contributed by atoms with Crippen LogP contribution in [0.1, 0.15) is 24.4 Å². The smallest absolute Gasteiger partial charge is 0.318 e. The van der Waals surface area contributed by atoms with E-state index in [2.05, 4.69) is 20.6 Å². The molecule has 2 aliphatic heterocycles. The predicted molar refractivity (Wildman–Crippen MR) is 117 cm³/mol. The largest absolute Gasteiger partial charge is 0.403 e. The Labute approximate surface area is 188 Å². The topological polar surface area (TPSA) is 87.6 Å². The highest BCUT2D eigenvalue weighted by Gasteiger charge is 2.30.